The summed E-state index contributed by atoms with van der Waals surface area (Å²) in [6.07, 6.45) is 1.84. The Morgan fingerprint density at radius 1 is 1.04 bits per heavy atom. The molecule has 2 fully saturated rings. The van der Waals surface area contributed by atoms with Gasteiger partial charge in [0.1, 0.15) is 5.82 Å². The fraction of sp³-hybridized carbons (Fsp3) is 0.348. The van der Waals surface area contributed by atoms with Crippen molar-refractivity contribution in [3.63, 3.8) is 0 Å². The summed E-state index contributed by atoms with van der Waals surface area (Å²) in [5.74, 6) is 1.09. The minimum absolute atomic E-state index is 0.135. The zero-order chi connectivity index (χ0) is 18.4. The lowest BCUT2D eigenvalue weighted by Crippen LogP contribution is -2.29. The maximum atomic E-state index is 13.7. The molecule has 0 N–H and O–H groups in total. The first kappa shape index (κ1) is 16.8. The van der Waals surface area contributed by atoms with Crippen molar-refractivity contribution >= 4 is 10.9 Å². The van der Waals surface area contributed by atoms with Crippen molar-refractivity contribution in [1.29, 1.82) is 0 Å². The second-order valence-corrected chi connectivity index (χ2v) is 8.09. The number of likely N-dealkylation sites (tertiary alicyclic amines) is 2. The molecule has 1 aromatic heterocycles. The molecule has 4 heteroatoms. The Morgan fingerprint density at radius 2 is 1.96 bits per heavy atom. The molecule has 0 aliphatic carbocycles. The van der Waals surface area contributed by atoms with Gasteiger partial charge in [-0.1, -0.05) is 24.3 Å². The van der Waals surface area contributed by atoms with Gasteiger partial charge >= 0.3 is 0 Å². The highest BCUT2D eigenvalue weighted by atomic mass is 19.1. The van der Waals surface area contributed by atoms with Gasteiger partial charge in [0, 0.05) is 43.8 Å². The van der Waals surface area contributed by atoms with E-state index in [1.54, 1.807) is 6.07 Å². The summed E-state index contributed by atoms with van der Waals surface area (Å²) in [4.78, 5) is 9.38. The molecular formula is C23H24FN3. The molecule has 3 aromatic rings. The van der Waals surface area contributed by atoms with E-state index < -0.39 is 0 Å². The lowest BCUT2D eigenvalue weighted by molar-refractivity contribution is 0.224. The normalized spacial score (nSPS) is 25.9. The van der Waals surface area contributed by atoms with Crippen molar-refractivity contribution in [1.82, 2.24) is 14.8 Å². The van der Waals surface area contributed by atoms with Crippen LogP contribution in [-0.2, 0) is 6.54 Å². The van der Waals surface area contributed by atoms with Crippen LogP contribution in [0.3, 0.4) is 0 Å². The molecule has 2 saturated heterocycles. The molecule has 0 unspecified atom stereocenters. The summed E-state index contributed by atoms with van der Waals surface area (Å²) in [5, 5.41) is 1.20. The van der Waals surface area contributed by atoms with E-state index in [2.05, 4.69) is 52.2 Å². The quantitative estimate of drug-likeness (QED) is 0.700. The lowest BCUT2D eigenvalue weighted by atomic mass is 9.89. The van der Waals surface area contributed by atoms with E-state index in [-0.39, 0.29) is 5.82 Å². The highest BCUT2D eigenvalue weighted by Crippen LogP contribution is 2.44. The second kappa shape index (κ2) is 6.70. The minimum Gasteiger partial charge on any atom is -0.299 e. The molecule has 0 saturated carbocycles. The highest BCUT2D eigenvalue weighted by molar-refractivity contribution is 5.78. The first-order valence-corrected chi connectivity index (χ1v) is 9.69. The molecule has 3 heterocycles. The van der Waals surface area contributed by atoms with Crippen molar-refractivity contribution in [2.75, 3.05) is 26.7 Å². The number of aromatic nitrogens is 1. The number of pyridine rings is 1. The maximum Gasteiger partial charge on any atom is 0.123 e. The lowest BCUT2D eigenvalue weighted by Gasteiger charge is -2.27. The van der Waals surface area contributed by atoms with Crippen LogP contribution in [0, 0.1) is 17.7 Å². The Balaban J connectivity index is 1.34. The molecule has 3 atom stereocenters. The van der Waals surface area contributed by atoms with Crippen LogP contribution in [-0.4, -0.2) is 41.5 Å². The Hall–Kier alpha value is -2.30. The number of halogens is 1. The molecule has 2 aliphatic rings. The maximum absolute atomic E-state index is 13.7. The molecule has 3 nitrogen and oxygen atoms in total. The van der Waals surface area contributed by atoms with E-state index in [1.807, 2.05) is 18.3 Å². The molecule has 0 radical (unpaired) electrons. The summed E-state index contributed by atoms with van der Waals surface area (Å²) in [7, 11) is 2.18. The number of fused-ring (bicyclic) bond motifs is 2. The van der Waals surface area contributed by atoms with Gasteiger partial charge in [0.15, 0.2) is 0 Å². The zero-order valence-corrected chi connectivity index (χ0v) is 15.6. The first-order chi connectivity index (χ1) is 13.2. The van der Waals surface area contributed by atoms with Gasteiger partial charge in [0.25, 0.3) is 0 Å². The number of rotatable bonds is 3. The Labute approximate surface area is 159 Å². The van der Waals surface area contributed by atoms with Crippen LogP contribution in [0.5, 0.6) is 0 Å². The topological polar surface area (TPSA) is 19.4 Å². The summed E-state index contributed by atoms with van der Waals surface area (Å²) in [6, 6.07) is 18.2. The number of nitrogens with zero attached hydrogens (tertiary/aromatic N) is 3. The van der Waals surface area contributed by atoms with Crippen LogP contribution in [0.15, 0.2) is 60.8 Å². The van der Waals surface area contributed by atoms with Crippen LogP contribution < -0.4 is 0 Å². The smallest absolute Gasteiger partial charge is 0.123 e. The van der Waals surface area contributed by atoms with E-state index in [0.29, 0.717) is 17.9 Å². The van der Waals surface area contributed by atoms with Crippen LogP contribution >= 0.6 is 0 Å². The van der Waals surface area contributed by atoms with Crippen molar-refractivity contribution in [2.45, 2.75) is 12.6 Å². The summed E-state index contributed by atoms with van der Waals surface area (Å²) in [5.41, 5.74) is 3.50. The molecule has 27 heavy (non-hydrogen) atoms. The van der Waals surface area contributed by atoms with E-state index >= 15 is 0 Å². The number of hydrogen-bond acceptors (Lipinski definition) is 3. The second-order valence-electron chi connectivity index (χ2n) is 8.09. The van der Waals surface area contributed by atoms with Crippen LogP contribution in [0.4, 0.5) is 4.39 Å². The molecule has 138 valence electrons. The third kappa shape index (κ3) is 3.13. The third-order valence-corrected chi connectivity index (χ3v) is 6.23. The van der Waals surface area contributed by atoms with Gasteiger partial charge in [0.2, 0.25) is 0 Å². The van der Waals surface area contributed by atoms with E-state index in [9.17, 15) is 4.39 Å². The molecular weight excluding hydrogens is 337 g/mol. The standard InChI is InChI=1S/C23H24FN3/c1-26-13-19-14-27(12-16-7-8-22-17(10-16)5-3-9-25-22)15-21(19)23(26)18-4-2-6-20(24)11-18/h2-11,19,21,23H,12-15H2,1H3/t19-,21+,23-/m0/s1. The largest absolute Gasteiger partial charge is 0.299 e. The van der Waals surface area contributed by atoms with Gasteiger partial charge in [-0.25, -0.2) is 4.39 Å². The van der Waals surface area contributed by atoms with Crippen molar-refractivity contribution in [3.05, 3.63) is 77.7 Å². The van der Waals surface area contributed by atoms with Gasteiger partial charge in [-0.2, -0.15) is 0 Å². The molecule has 0 amide bonds. The van der Waals surface area contributed by atoms with Gasteiger partial charge in [-0.3, -0.25) is 14.8 Å². The van der Waals surface area contributed by atoms with Gasteiger partial charge in [-0.05, 0) is 60.3 Å². The minimum atomic E-state index is -0.135. The average Bonchev–Trinajstić information content (AvgIpc) is 3.17. The van der Waals surface area contributed by atoms with Crippen LogP contribution in [0.25, 0.3) is 10.9 Å². The fourth-order valence-electron chi connectivity index (χ4n) is 5.15. The van der Waals surface area contributed by atoms with Crippen LogP contribution in [0.2, 0.25) is 0 Å². The van der Waals surface area contributed by atoms with Crippen molar-refractivity contribution < 1.29 is 4.39 Å². The molecule has 2 aromatic carbocycles. The molecule has 0 bridgehead atoms. The Morgan fingerprint density at radius 3 is 2.85 bits per heavy atom. The predicted molar refractivity (Wildman–Crippen MR) is 106 cm³/mol. The molecule has 2 aliphatic heterocycles. The van der Waals surface area contributed by atoms with E-state index in [1.165, 1.54) is 17.0 Å². The van der Waals surface area contributed by atoms with Crippen molar-refractivity contribution in [3.8, 4) is 0 Å². The number of benzene rings is 2. The van der Waals surface area contributed by atoms with Crippen LogP contribution in [0.1, 0.15) is 17.2 Å². The molecule has 0 spiro atoms. The zero-order valence-electron chi connectivity index (χ0n) is 15.6. The number of hydrogen-bond donors (Lipinski definition) is 0. The highest BCUT2D eigenvalue weighted by Gasteiger charge is 2.45. The summed E-state index contributed by atoms with van der Waals surface area (Å²) in [6.45, 7) is 4.24. The average molecular weight is 361 g/mol. The monoisotopic (exact) mass is 361 g/mol. The van der Waals surface area contributed by atoms with E-state index in [4.69, 9.17) is 0 Å². The first-order valence-electron chi connectivity index (χ1n) is 9.69. The third-order valence-electron chi connectivity index (χ3n) is 6.23. The Bertz CT molecular complexity index is 973. The summed E-state index contributed by atoms with van der Waals surface area (Å²) >= 11 is 0. The summed E-state index contributed by atoms with van der Waals surface area (Å²) < 4.78 is 13.7. The SMILES string of the molecule is CN1C[C@H]2CN(Cc3ccc4ncccc4c3)C[C@H]2[C@@H]1c1cccc(F)c1. The Kier molecular flexibility index (Phi) is 4.18. The molecule has 5 rings (SSSR count). The predicted octanol–water partition coefficient (Wildman–Crippen LogP) is 4.11. The van der Waals surface area contributed by atoms with Crippen molar-refractivity contribution in [2.24, 2.45) is 11.8 Å². The van der Waals surface area contributed by atoms with Gasteiger partial charge in [0.05, 0.1) is 5.52 Å². The van der Waals surface area contributed by atoms with Gasteiger partial charge in [-0.15, -0.1) is 0 Å². The van der Waals surface area contributed by atoms with Gasteiger partial charge < -0.3 is 0 Å². The fourth-order valence-corrected chi connectivity index (χ4v) is 5.15. The van der Waals surface area contributed by atoms with E-state index in [0.717, 1.165) is 37.3 Å².